The molecule has 1 aromatic rings. The molecule has 0 saturated carbocycles. The van der Waals surface area contributed by atoms with Crippen molar-refractivity contribution in [2.75, 3.05) is 18.1 Å². The van der Waals surface area contributed by atoms with Crippen LogP contribution >= 0.6 is 0 Å². The molecule has 0 spiro atoms. The summed E-state index contributed by atoms with van der Waals surface area (Å²) in [7, 11) is -2.91. The molecule has 1 heterocycles. The van der Waals surface area contributed by atoms with Crippen LogP contribution in [0.4, 0.5) is 0 Å². The standard InChI is InChI=1S/C19H27NO3S/c1-13(2)18-10-15(16-5-3-4-6-17(16)18)11-20-19(21)9-14-7-8-24(22,23)12-14/h3-6,13-15,18H,7-12H2,1-2H3,(H,20,21)/t14-,15-,18-/m0/s1. The summed E-state index contributed by atoms with van der Waals surface area (Å²) in [6.07, 6.45) is 2.04. The van der Waals surface area contributed by atoms with E-state index in [9.17, 15) is 13.2 Å². The lowest BCUT2D eigenvalue weighted by Crippen LogP contribution is -2.29. The molecule has 0 radical (unpaired) electrons. The maximum atomic E-state index is 12.2. The largest absolute Gasteiger partial charge is 0.355 e. The van der Waals surface area contributed by atoms with Crippen molar-refractivity contribution in [3.8, 4) is 0 Å². The van der Waals surface area contributed by atoms with Crippen molar-refractivity contribution in [2.45, 2.75) is 44.9 Å². The van der Waals surface area contributed by atoms with Gasteiger partial charge in [0.25, 0.3) is 0 Å². The van der Waals surface area contributed by atoms with Crippen LogP contribution < -0.4 is 5.32 Å². The zero-order valence-electron chi connectivity index (χ0n) is 14.5. The van der Waals surface area contributed by atoms with E-state index in [1.54, 1.807) is 0 Å². The number of carbonyl (C=O) groups is 1. The highest BCUT2D eigenvalue weighted by molar-refractivity contribution is 7.91. The SMILES string of the molecule is CC(C)[C@@H]1C[C@@H](CNC(=O)C[C@@H]2CCS(=O)(=O)C2)c2ccccc21. The van der Waals surface area contributed by atoms with Crippen LogP contribution in [0.1, 0.15) is 56.1 Å². The molecule has 3 atom stereocenters. The first-order chi connectivity index (χ1) is 11.4. The van der Waals surface area contributed by atoms with Gasteiger partial charge in [0, 0.05) is 18.9 Å². The second-order valence-electron chi connectivity index (χ2n) is 7.69. The normalized spacial score (nSPS) is 28.0. The topological polar surface area (TPSA) is 63.2 Å². The van der Waals surface area contributed by atoms with Gasteiger partial charge < -0.3 is 5.32 Å². The molecule has 1 aromatic carbocycles. The Balaban J connectivity index is 1.56. The van der Waals surface area contributed by atoms with Crippen LogP contribution in [-0.2, 0) is 14.6 Å². The number of fused-ring (bicyclic) bond motifs is 1. The van der Waals surface area contributed by atoms with E-state index in [0.29, 0.717) is 37.1 Å². The van der Waals surface area contributed by atoms with Crippen LogP contribution in [0.25, 0.3) is 0 Å². The average Bonchev–Trinajstić information content (AvgIpc) is 3.05. The van der Waals surface area contributed by atoms with Gasteiger partial charge in [0.1, 0.15) is 0 Å². The van der Waals surface area contributed by atoms with E-state index in [0.717, 1.165) is 6.42 Å². The predicted molar refractivity (Wildman–Crippen MR) is 95.8 cm³/mol. The predicted octanol–water partition coefficient (Wildman–Crippen LogP) is 2.85. The zero-order valence-corrected chi connectivity index (χ0v) is 15.3. The number of hydrogen-bond donors (Lipinski definition) is 1. The van der Waals surface area contributed by atoms with Crippen LogP contribution in [0, 0.1) is 11.8 Å². The minimum absolute atomic E-state index is 0.00530. The van der Waals surface area contributed by atoms with Gasteiger partial charge in [0.2, 0.25) is 5.91 Å². The Kier molecular flexibility index (Phi) is 5.00. The lowest BCUT2D eigenvalue weighted by atomic mass is 9.90. The monoisotopic (exact) mass is 349 g/mol. The molecule has 4 nitrogen and oxygen atoms in total. The quantitative estimate of drug-likeness (QED) is 0.889. The zero-order chi connectivity index (χ0) is 17.3. The Morgan fingerprint density at radius 1 is 1.25 bits per heavy atom. The van der Waals surface area contributed by atoms with Crippen LogP contribution in [0.3, 0.4) is 0 Å². The van der Waals surface area contributed by atoms with Gasteiger partial charge in [-0.25, -0.2) is 8.42 Å². The molecule has 132 valence electrons. The molecule has 1 amide bonds. The van der Waals surface area contributed by atoms with E-state index >= 15 is 0 Å². The van der Waals surface area contributed by atoms with Crippen molar-refractivity contribution < 1.29 is 13.2 Å². The highest BCUT2D eigenvalue weighted by Crippen LogP contribution is 2.44. The van der Waals surface area contributed by atoms with Gasteiger partial charge in [-0.15, -0.1) is 0 Å². The van der Waals surface area contributed by atoms with Crippen molar-refractivity contribution in [2.24, 2.45) is 11.8 Å². The Labute approximate surface area is 145 Å². The Morgan fingerprint density at radius 3 is 2.58 bits per heavy atom. The van der Waals surface area contributed by atoms with Gasteiger partial charge in [-0.3, -0.25) is 4.79 Å². The minimum Gasteiger partial charge on any atom is -0.355 e. The van der Waals surface area contributed by atoms with E-state index in [4.69, 9.17) is 0 Å². The highest BCUT2D eigenvalue weighted by atomic mass is 32.2. The Morgan fingerprint density at radius 2 is 1.96 bits per heavy atom. The smallest absolute Gasteiger partial charge is 0.220 e. The van der Waals surface area contributed by atoms with Crippen molar-refractivity contribution in [3.05, 3.63) is 35.4 Å². The fourth-order valence-electron chi connectivity index (χ4n) is 4.21. The Bertz CT molecular complexity index is 711. The molecule has 1 N–H and O–H groups in total. The van der Waals surface area contributed by atoms with Crippen LogP contribution in [0.15, 0.2) is 24.3 Å². The molecule has 5 heteroatoms. The molecule has 1 fully saturated rings. The first kappa shape index (κ1) is 17.5. The van der Waals surface area contributed by atoms with Crippen molar-refractivity contribution in [3.63, 3.8) is 0 Å². The van der Waals surface area contributed by atoms with Crippen molar-refractivity contribution in [1.82, 2.24) is 5.32 Å². The fraction of sp³-hybridized carbons (Fsp3) is 0.632. The summed E-state index contributed by atoms with van der Waals surface area (Å²) in [6, 6.07) is 8.55. The van der Waals surface area contributed by atoms with E-state index in [2.05, 4.69) is 43.4 Å². The van der Waals surface area contributed by atoms with Gasteiger partial charge in [0.05, 0.1) is 11.5 Å². The molecule has 0 bridgehead atoms. The van der Waals surface area contributed by atoms with E-state index < -0.39 is 9.84 Å². The number of amides is 1. The first-order valence-electron chi connectivity index (χ1n) is 8.91. The molecular formula is C19H27NO3S. The second kappa shape index (κ2) is 6.87. The van der Waals surface area contributed by atoms with Crippen molar-refractivity contribution >= 4 is 15.7 Å². The van der Waals surface area contributed by atoms with Crippen LogP contribution in [0.5, 0.6) is 0 Å². The molecule has 1 saturated heterocycles. The number of benzene rings is 1. The van der Waals surface area contributed by atoms with Gasteiger partial charge in [0.15, 0.2) is 9.84 Å². The van der Waals surface area contributed by atoms with E-state index in [-0.39, 0.29) is 23.3 Å². The molecule has 3 rings (SSSR count). The van der Waals surface area contributed by atoms with Crippen molar-refractivity contribution in [1.29, 1.82) is 0 Å². The fourth-order valence-corrected chi connectivity index (χ4v) is 6.07. The van der Waals surface area contributed by atoms with Gasteiger partial charge >= 0.3 is 0 Å². The summed E-state index contributed by atoms with van der Waals surface area (Å²) < 4.78 is 23.0. The van der Waals surface area contributed by atoms with Gasteiger partial charge in [-0.05, 0) is 41.7 Å². The molecule has 0 aromatic heterocycles. The number of rotatable bonds is 5. The molecule has 0 unspecified atom stereocenters. The third-order valence-electron chi connectivity index (χ3n) is 5.52. The molecule has 1 aliphatic heterocycles. The summed E-state index contributed by atoms with van der Waals surface area (Å²) in [5.41, 5.74) is 2.79. The first-order valence-corrected chi connectivity index (χ1v) is 10.7. The second-order valence-corrected chi connectivity index (χ2v) is 9.92. The molecule has 24 heavy (non-hydrogen) atoms. The molecule has 1 aliphatic carbocycles. The van der Waals surface area contributed by atoms with Crippen LogP contribution in [-0.4, -0.2) is 32.4 Å². The lowest BCUT2D eigenvalue weighted by molar-refractivity contribution is -0.121. The average molecular weight is 349 g/mol. The summed E-state index contributed by atoms with van der Waals surface area (Å²) in [6.45, 7) is 5.16. The molecular weight excluding hydrogens is 322 g/mol. The third-order valence-corrected chi connectivity index (χ3v) is 7.36. The van der Waals surface area contributed by atoms with Crippen LogP contribution in [0.2, 0.25) is 0 Å². The molecule has 2 aliphatic rings. The summed E-state index contributed by atoms with van der Waals surface area (Å²) in [5, 5.41) is 3.05. The number of sulfone groups is 1. The summed E-state index contributed by atoms with van der Waals surface area (Å²) in [5.74, 6) is 1.90. The van der Waals surface area contributed by atoms with E-state index in [1.807, 2.05) is 0 Å². The van der Waals surface area contributed by atoms with Gasteiger partial charge in [-0.1, -0.05) is 38.1 Å². The minimum atomic E-state index is -2.91. The number of carbonyl (C=O) groups excluding carboxylic acids is 1. The summed E-state index contributed by atoms with van der Waals surface area (Å²) >= 11 is 0. The number of nitrogens with one attached hydrogen (secondary N) is 1. The number of hydrogen-bond acceptors (Lipinski definition) is 3. The lowest BCUT2D eigenvalue weighted by Gasteiger charge is -2.16. The maximum Gasteiger partial charge on any atom is 0.220 e. The summed E-state index contributed by atoms with van der Waals surface area (Å²) in [4.78, 5) is 12.2. The Hall–Kier alpha value is -1.36. The third kappa shape index (κ3) is 3.82. The highest BCUT2D eigenvalue weighted by Gasteiger charge is 2.33. The van der Waals surface area contributed by atoms with Gasteiger partial charge in [-0.2, -0.15) is 0 Å². The maximum absolute atomic E-state index is 12.2. The van der Waals surface area contributed by atoms with E-state index in [1.165, 1.54) is 11.1 Å².